The molecule has 7 nitrogen and oxygen atoms in total. The van der Waals surface area contributed by atoms with Gasteiger partial charge in [-0.25, -0.2) is 0 Å². The van der Waals surface area contributed by atoms with E-state index in [4.69, 9.17) is 16.3 Å². The van der Waals surface area contributed by atoms with Gasteiger partial charge in [-0.2, -0.15) is 9.78 Å². The molecule has 2 aliphatic rings. The molecule has 2 aromatic rings. The van der Waals surface area contributed by atoms with Crippen molar-refractivity contribution < 1.29 is 13.7 Å². The quantitative estimate of drug-likeness (QED) is 0.511. The second-order valence-corrected chi connectivity index (χ2v) is 10.6. The van der Waals surface area contributed by atoms with E-state index in [0.29, 0.717) is 61.4 Å². The van der Waals surface area contributed by atoms with Crippen LogP contribution in [0.2, 0.25) is 5.02 Å². The predicted molar refractivity (Wildman–Crippen MR) is 125 cm³/mol. The molecule has 0 unspecified atom stereocenters. The Morgan fingerprint density at radius 3 is 2.69 bits per heavy atom. The van der Waals surface area contributed by atoms with E-state index in [-0.39, 0.29) is 16.7 Å². The van der Waals surface area contributed by atoms with Crippen molar-refractivity contribution in [2.24, 2.45) is 5.41 Å². The van der Waals surface area contributed by atoms with Gasteiger partial charge in [0.15, 0.2) is 0 Å². The van der Waals surface area contributed by atoms with E-state index >= 15 is 0 Å². The zero-order valence-electron chi connectivity index (χ0n) is 18.1. The van der Waals surface area contributed by atoms with Crippen molar-refractivity contribution >= 4 is 28.7 Å². The highest BCUT2D eigenvalue weighted by Gasteiger charge is 2.39. The van der Waals surface area contributed by atoms with E-state index in [2.05, 4.69) is 12.0 Å². The average molecular weight is 483 g/mol. The fraction of sp³-hybridized carbons (Fsp3) is 0.545. The molecule has 10 heteroatoms. The van der Waals surface area contributed by atoms with Crippen LogP contribution in [0.1, 0.15) is 26.2 Å². The van der Waals surface area contributed by atoms with Crippen molar-refractivity contribution in [3.63, 3.8) is 0 Å². The lowest BCUT2D eigenvalue weighted by atomic mass is 10.2. The second kappa shape index (κ2) is 9.99. The maximum Gasteiger partial charge on any atom is 0.316 e. The SMILES string of the molecule is CC1(COc2c(N3CCN([S@+]([O-])CCCF)CC3)cnn(-c3cccc(Cl)c3)c2=O)CC1. The topological polar surface area (TPSA) is 73.7 Å². The van der Waals surface area contributed by atoms with Crippen LogP contribution in [-0.2, 0) is 11.4 Å². The maximum atomic E-state index is 13.4. The van der Waals surface area contributed by atoms with Crippen LogP contribution in [0, 0.1) is 5.41 Å². The minimum Gasteiger partial charge on any atom is -0.598 e. The number of hydrogen-bond donors (Lipinski definition) is 0. The number of nitrogens with zero attached hydrogens (tertiary/aromatic N) is 4. The van der Waals surface area contributed by atoms with Crippen molar-refractivity contribution in [3.05, 3.63) is 45.8 Å². The number of piperazine rings is 1. The number of ether oxygens (including phenoxy) is 1. The summed E-state index contributed by atoms with van der Waals surface area (Å²) in [5.74, 6) is 0.612. The van der Waals surface area contributed by atoms with Gasteiger partial charge in [0, 0.05) is 41.3 Å². The zero-order valence-corrected chi connectivity index (χ0v) is 19.7. The van der Waals surface area contributed by atoms with Gasteiger partial charge in [-0.1, -0.05) is 24.6 Å². The van der Waals surface area contributed by atoms with Crippen molar-refractivity contribution in [2.45, 2.75) is 26.2 Å². The molecule has 0 radical (unpaired) electrons. The minimum atomic E-state index is -1.18. The van der Waals surface area contributed by atoms with Crippen molar-refractivity contribution in [3.8, 4) is 11.4 Å². The number of halogens is 2. The number of hydrogen-bond acceptors (Lipinski definition) is 6. The summed E-state index contributed by atoms with van der Waals surface area (Å²) in [5, 5.41) is 4.91. The number of alkyl halides is 1. The van der Waals surface area contributed by atoms with E-state index in [9.17, 15) is 13.7 Å². The Balaban J connectivity index is 1.57. The van der Waals surface area contributed by atoms with Gasteiger partial charge in [-0.3, -0.25) is 9.18 Å². The van der Waals surface area contributed by atoms with Crippen molar-refractivity contribution in [2.75, 3.05) is 50.1 Å². The molecule has 2 fully saturated rings. The number of anilines is 1. The van der Waals surface area contributed by atoms with Gasteiger partial charge in [-0.15, -0.1) is 4.31 Å². The molecule has 174 valence electrons. The Morgan fingerprint density at radius 2 is 2.03 bits per heavy atom. The molecular weight excluding hydrogens is 455 g/mol. The monoisotopic (exact) mass is 482 g/mol. The molecule has 0 amide bonds. The van der Waals surface area contributed by atoms with Crippen molar-refractivity contribution in [1.29, 1.82) is 0 Å². The normalized spacial score (nSPS) is 19.1. The minimum absolute atomic E-state index is 0.111. The first kappa shape index (κ1) is 23.4. The molecule has 1 aliphatic carbocycles. The van der Waals surface area contributed by atoms with Crippen LogP contribution in [0.25, 0.3) is 5.69 Å². The Hall–Kier alpha value is -1.81. The van der Waals surface area contributed by atoms with Crippen molar-refractivity contribution in [1.82, 2.24) is 14.1 Å². The van der Waals surface area contributed by atoms with Gasteiger partial charge in [0.25, 0.3) is 0 Å². The lowest BCUT2D eigenvalue weighted by Crippen LogP contribution is -2.49. The van der Waals surface area contributed by atoms with Crippen LogP contribution < -0.4 is 15.2 Å². The van der Waals surface area contributed by atoms with E-state index < -0.39 is 18.0 Å². The fourth-order valence-electron chi connectivity index (χ4n) is 3.63. The summed E-state index contributed by atoms with van der Waals surface area (Å²) in [6.07, 6.45) is 4.12. The summed E-state index contributed by atoms with van der Waals surface area (Å²) < 4.78 is 34.0. The van der Waals surface area contributed by atoms with Gasteiger partial charge < -0.3 is 14.2 Å². The standard InChI is InChI=1S/C22H28ClFN4O3S/c1-22(6-7-22)16-31-20-19(26-9-11-27(12-10-26)32(30)13-3-8-24)15-25-28(21(20)29)18-5-2-4-17(23)14-18/h2,4-5,14-15H,3,6-13,16H2,1H3/t32-/m1/s1. The summed E-state index contributed by atoms with van der Waals surface area (Å²) in [4.78, 5) is 15.4. The molecule has 1 saturated carbocycles. The molecule has 4 rings (SSSR count). The fourth-order valence-corrected chi connectivity index (χ4v) is 5.00. The van der Waals surface area contributed by atoms with Crippen LogP contribution >= 0.6 is 11.6 Å². The zero-order chi connectivity index (χ0) is 22.7. The van der Waals surface area contributed by atoms with Gasteiger partial charge in [0.05, 0.1) is 38.3 Å². The lowest BCUT2D eigenvalue weighted by molar-refractivity contribution is 0.242. The third-order valence-electron chi connectivity index (χ3n) is 5.96. The Kier molecular flexibility index (Phi) is 7.29. The molecule has 2 heterocycles. The lowest BCUT2D eigenvalue weighted by Gasteiger charge is -2.36. The first-order chi connectivity index (χ1) is 15.4. The second-order valence-electron chi connectivity index (χ2n) is 8.64. The van der Waals surface area contributed by atoms with E-state index in [0.717, 1.165) is 12.8 Å². The molecule has 1 saturated heterocycles. The third kappa shape index (κ3) is 5.39. The van der Waals surface area contributed by atoms with Crippen LogP contribution in [0.5, 0.6) is 5.75 Å². The van der Waals surface area contributed by atoms with E-state index in [1.165, 1.54) is 4.68 Å². The Labute approximate surface area is 195 Å². The van der Waals surface area contributed by atoms with Crippen LogP contribution in [0.4, 0.5) is 10.1 Å². The third-order valence-corrected chi connectivity index (χ3v) is 7.77. The van der Waals surface area contributed by atoms with E-state index in [1.54, 1.807) is 30.5 Å². The molecule has 0 N–H and O–H groups in total. The molecule has 1 atom stereocenters. The Morgan fingerprint density at radius 1 is 1.28 bits per heavy atom. The highest BCUT2D eigenvalue weighted by atomic mass is 35.5. The first-order valence-electron chi connectivity index (χ1n) is 10.9. The van der Waals surface area contributed by atoms with E-state index in [1.807, 2.05) is 9.21 Å². The highest BCUT2D eigenvalue weighted by Crippen LogP contribution is 2.45. The summed E-state index contributed by atoms with van der Waals surface area (Å²) >= 11 is 4.92. The van der Waals surface area contributed by atoms with Crippen LogP contribution in [0.3, 0.4) is 0 Å². The number of rotatable bonds is 9. The largest absolute Gasteiger partial charge is 0.598 e. The number of benzene rings is 1. The molecule has 0 spiro atoms. The summed E-state index contributed by atoms with van der Waals surface area (Å²) in [6.45, 7) is 4.45. The molecule has 1 aromatic heterocycles. The molecular formula is C22H28ClFN4O3S. The Bertz CT molecular complexity index is 995. The smallest absolute Gasteiger partial charge is 0.316 e. The van der Waals surface area contributed by atoms with Crippen LogP contribution in [-0.4, -0.2) is 63.9 Å². The average Bonchev–Trinajstić information content (AvgIpc) is 3.53. The molecule has 32 heavy (non-hydrogen) atoms. The van der Waals surface area contributed by atoms with Gasteiger partial charge in [-0.05, 0) is 31.0 Å². The summed E-state index contributed by atoms with van der Waals surface area (Å²) in [5.41, 5.74) is 0.999. The molecule has 1 aromatic carbocycles. The van der Waals surface area contributed by atoms with Gasteiger partial charge in [0.1, 0.15) is 11.4 Å². The summed E-state index contributed by atoms with van der Waals surface area (Å²) in [7, 11) is 0. The maximum absolute atomic E-state index is 13.4. The highest BCUT2D eigenvalue weighted by molar-refractivity contribution is 7.89. The van der Waals surface area contributed by atoms with Gasteiger partial charge >= 0.3 is 5.56 Å². The first-order valence-corrected chi connectivity index (χ1v) is 12.5. The molecule has 1 aliphatic heterocycles. The predicted octanol–water partition coefficient (Wildman–Crippen LogP) is 3.21. The molecule has 0 bridgehead atoms. The van der Waals surface area contributed by atoms with Gasteiger partial charge in [0.2, 0.25) is 5.75 Å². The number of aromatic nitrogens is 2. The van der Waals surface area contributed by atoms with Crippen LogP contribution in [0.15, 0.2) is 35.3 Å². The summed E-state index contributed by atoms with van der Waals surface area (Å²) in [6, 6.07) is 6.98.